The summed E-state index contributed by atoms with van der Waals surface area (Å²) in [6.07, 6.45) is 0. The minimum absolute atomic E-state index is 0.121. The summed E-state index contributed by atoms with van der Waals surface area (Å²) in [5, 5.41) is 8.27. The smallest absolute Gasteiger partial charge is 0.165 e. The number of fused-ring (bicyclic) bond motifs is 3. The number of aliphatic imine (C=N–C) groups is 1. The van der Waals surface area contributed by atoms with Gasteiger partial charge in [0.15, 0.2) is 11.6 Å². The molecule has 0 saturated heterocycles. The van der Waals surface area contributed by atoms with Gasteiger partial charge in [-0.05, 0) is 18.2 Å². The molecular weight excluding hydrogens is 309 g/mol. The van der Waals surface area contributed by atoms with Crippen molar-refractivity contribution in [2.75, 3.05) is 0 Å². The van der Waals surface area contributed by atoms with Crippen LogP contribution in [0, 0.1) is 5.82 Å². The standard InChI is InChI=1S/C17H14FN5O/c18-13-7-3-1-5-11(13)17-12-6-2-4-8-14(12)23-15(9-20-17)21-22-16(23)10-24-19/h1-8H,9-10,19H2. The van der Waals surface area contributed by atoms with Gasteiger partial charge in [0, 0.05) is 11.1 Å². The van der Waals surface area contributed by atoms with Crippen LogP contribution in [0.4, 0.5) is 4.39 Å². The highest BCUT2D eigenvalue weighted by Gasteiger charge is 2.23. The molecule has 0 amide bonds. The molecule has 1 aliphatic rings. The predicted molar refractivity (Wildman–Crippen MR) is 86.1 cm³/mol. The van der Waals surface area contributed by atoms with Crippen LogP contribution in [0.1, 0.15) is 22.8 Å². The monoisotopic (exact) mass is 323 g/mol. The molecule has 0 spiro atoms. The lowest BCUT2D eigenvalue weighted by atomic mass is 10.00. The number of aromatic nitrogens is 3. The topological polar surface area (TPSA) is 78.3 Å². The van der Waals surface area contributed by atoms with Crippen molar-refractivity contribution in [3.63, 3.8) is 0 Å². The fourth-order valence-electron chi connectivity index (χ4n) is 2.89. The Morgan fingerprint density at radius 1 is 1.04 bits per heavy atom. The first-order valence-corrected chi connectivity index (χ1v) is 7.43. The van der Waals surface area contributed by atoms with Gasteiger partial charge in [-0.15, -0.1) is 10.2 Å². The van der Waals surface area contributed by atoms with Crippen LogP contribution in [0.25, 0.3) is 5.69 Å². The lowest BCUT2D eigenvalue weighted by molar-refractivity contribution is 0.117. The minimum atomic E-state index is -0.311. The second kappa shape index (κ2) is 5.95. The van der Waals surface area contributed by atoms with Crippen molar-refractivity contribution in [2.45, 2.75) is 13.2 Å². The molecule has 7 heteroatoms. The molecule has 1 aliphatic heterocycles. The average Bonchev–Trinajstić information content (AvgIpc) is 2.92. The summed E-state index contributed by atoms with van der Waals surface area (Å²) in [6.45, 7) is 0.409. The zero-order valence-electron chi connectivity index (χ0n) is 12.7. The summed E-state index contributed by atoms with van der Waals surface area (Å²) in [4.78, 5) is 9.31. The van der Waals surface area contributed by atoms with Crippen molar-refractivity contribution in [3.8, 4) is 5.69 Å². The number of rotatable bonds is 3. The van der Waals surface area contributed by atoms with E-state index >= 15 is 0 Å². The molecule has 1 aromatic heterocycles. The van der Waals surface area contributed by atoms with E-state index in [2.05, 4.69) is 15.2 Å². The van der Waals surface area contributed by atoms with Crippen LogP contribution >= 0.6 is 0 Å². The fourth-order valence-corrected chi connectivity index (χ4v) is 2.89. The van der Waals surface area contributed by atoms with Crippen LogP contribution in [-0.4, -0.2) is 20.5 Å². The fraction of sp³-hybridized carbons (Fsp3) is 0.118. The summed E-state index contributed by atoms with van der Waals surface area (Å²) in [6, 6.07) is 14.2. The molecule has 0 aliphatic carbocycles. The van der Waals surface area contributed by atoms with E-state index in [1.54, 1.807) is 18.2 Å². The minimum Gasteiger partial charge on any atom is -0.296 e. The van der Waals surface area contributed by atoms with E-state index in [-0.39, 0.29) is 19.0 Å². The van der Waals surface area contributed by atoms with Crippen LogP contribution in [0.5, 0.6) is 0 Å². The highest BCUT2D eigenvalue weighted by molar-refractivity contribution is 6.15. The molecule has 0 atom stereocenters. The molecule has 6 nitrogen and oxygen atoms in total. The lowest BCUT2D eigenvalue weighted by Crippen LogP contribution is -2.12. The van der Waals surface area contributed by atoms with E-state index in [0.29, 0.717) is 22.9 Å². The zero-order valence-corrected chi connectivity index (χ0v) is 12.7. The number of hydrogen-bond acceptors (Lipinski definition) is 5. The molecule has 0 radical (unpaired) electrons. The Hall–Kier alpha value is -2.90. The van der Waals surface area contributed by atoms with Crippen LogP contribution in [0.2, 0.25) is 0 Å². The maximum Gasteiger partial charge on any atom is 0.165 e. The van der Waals surface area contributed by atoms with Crippen molar-refractivity contribution in [1.29, 1.82) is 0 Å². The Kier molecular flexibility index (Phi) is 3.64. The van der Waals surface area contributed by atoms with E-state index < -0.39 is 0 Å². The molecule has 2 heterocycles. The first kappa shape index (κ1) is 14.7. The summed E-state index contributed by atoms with van der Waals surface area (Å²) >= 11 is 0. The third-order valence-electron chi connectivity index (χ3n) is 3.92. The van der Waals surface area contributed by atoms with Gasteiger partial charge in [-0.1, -0.05) is 30.3 Å². The molecule has 0 saturated carbocycles. The summed E-state index contributed by atoms with van der Waals surface area (Å²) in [5.41, 5.74) is 2.68. The first-order valence-electron chi connectivity index (χ1n) is 7.43. The summed E-state index contributed by atoms with van der Waals surface area (Å²) in [5.74, 6) is 6.11. The Morgan fingerprint density at radius 2 is 1.79 bits per heavy atom. The third kappa shape index (κ3) is 2.31. The highest BCUT2D eigenvalue weighted by atomic mass is 19.1. The SMILES string of the molecule is NOCc1nnc2n1-c1ccccc1C(c1ccccc1F)=NC2. The summed E-state index contributed by atoms with van der Waals surface area (Å²) in [7, 11) is 0. The van der Waals surface area contributed by atoms with Gasteiger partial charge >= 0.3 is 0 Å². The quantitative estimate of drug-likeness (QED) is 0.749. The second-order valence-electron chi connectivity index (χ2n) is 5.34. The molecule has 2 N–H and O–H groups in total. The maximum atomic E-state index is 14.3. The van der Waals surface area contributed by atoms with Gasteiger partial charge in [-0.3, -0.25) is 14.4 Å². The maximum absolute atomic E-state index is 14.3. The van der Waals surface area contributed by atoms with Crippen LogP contribution in [-0.2, 0) is 18.0 Å². The van der Waals surface area contributed by atoms with E-state index in [4.69, 9.17) is 10.7 Å². The molecule has 0 fully saturated rings. The summed E-state index contributed by atoms with van der Waals surface area (Å²) < 4.78 is 16.2. The molecular formula is C17H14FN5O. The molecule has 24 heavy (non-hydrogen) atoms. The molecule has 2 aromatic carbocycles. The van der Waals surface area contributed by atoms with Crippen LogP contribution < -0.4 is 5.90 Å². The van der Waals surface area contributed by atoms with E-state index in [9.17, 15) is 4.39 Å². The largest absolute Gasteiger partial charge is 0.296 e. The van der Waals surface area contributed by atoms with Gasteiger partial charge in [-0.2, -0.15) is 0 Å². The normalized spacial score (nSPS) is 13.0. The van der Waals surface area contributed by atoms with E-state index in [1.165, 1.54) is 6.07 Å². The van der Waals surface area contributed by atoms with Crippen molar-refractivity contribution in [1.82, 2.24) is 14.8 Å². The van der Waals surface area contributed by atoms with Crippen molar-refractivity contribution in [3.05, 3.63) is 77.1 Å². The molecule has 4 rings (SSSR count). The first-order chi connectivity index (χ1) is 11.8. The average molecular weight is 323 g/mol. The zero-order chi connectivity index (χ0) is 16.5. The van der Waals surface area contributed by atoms with Crippen molar-refractivity contribution in [2.24, 2.45) is 10.9 Å². The Balaban J connectivity index is 1.95. The van der Waals surface area contributed by atoms with Crippen LogP contribution in [0.3, 0.4) is 0 Å². The second-order valence-corrected chi connectivity index (χ2v) is 5.34. The lowest BCUT2D eigenvalue weighted by Gasteiger charge is -2.13. The molecule has 3 aromatic rings. The number of benzene rings is 2. The molecule has 0 unspecified atom stereocenters. The van der Waals surface area contributed by atoms with E-state index in [1.807, 2.05) is 28.8 Å². The van der Waals surface area contributed by atoms with Crippen molar-refractivity contribution >= 4 is 5.71 Å². The van der Waals surface area contributed by atoms with E-state index in [0.717, 1.165) is 11.3 Å². The van der Waals surface area contributed by atoms with Crippen molar-refractivity contribution < 1.29 is 9.23 Å². The number of halogens is 1. The Labute approximate surface area is 137 Å². The Bertz CT molecular complexity index is 934. The number of nitrogens with zero attached hydrogens (tertiary/aromatic N) is 4. The third-order valence-corrected chi connectivity index (χ3v) is 3.92. The predicted octanol–water partition coefficient (Wildman–Crippen LogP) is 2.15. The van der Waals surface area contributed by atoms with Gasteiger partial charge in [-0.25, -0.2) is 10.3 Å². The van der Waals surface area contributed by atoms with Gasteiger partial charge in [0.2, 0.25) is 0 Å². The molecule has 120 valence electrons. The van der Waals surface area contributed by atoms with Gasteiger partial charge in [0.1, 0.15) is 19.0 Å². The number of nitrogens with two attached hydrogens (primary N) is 1. The number of hydrogen-bond donors (Lipinski definition) is 1. The molecule has 0 bridgehead atoms. The number of para-hydroxylation sites is 1. The van der Waals surface area contributed by atoms with Gasteiger partial charge in [0.05, 0.1) is 11.4 Å². The van der Waals surface area contributed by atoms with Crippen LogP contribution in [0.15, 0.2) is 53.5 Å². The van der Waals surface area contributed by atoms with Gasteiger partial charge < -0.3 is 0 Å². The van der Waals surface area contributed by atoms with Gasteiger partial charge in [0.25, 0.3) is 0 Å². The Morgan fingerprint density at radius 3 is 2.58 bits per heavy atom. The highest BCUT2D eigenvalue weighted by Crippen LogP contribution is 2.26.